The number of amides is 1. The van der Waals surface area contributed by atoms with Gasteiger partial charge in [-0.3, -0.25) is 4.79 Å². The van der Waals surface area contributed by atoms with E-state index in [4.69, 9.17) is 21.6 Å². The van der Waals surface area contributed by atoms with E-state index in [2.05, 4.69) is 16.5 Å². The molecular formula is C26H20ClFN4O2. The van der Waals surface area contributed by atoms with Gasteiger partial charge in [0.25, 0.3) is 5.91 Å². The number of benzene rings is 3. The molecule has 6 nitrogen and oxygen atoms in total. The monoisotopic (exact) mass is 474 g/mol. The van der Waals surface area contributed by atoms with Crippen molar-refractivity contribution < 1.29 is 13.9 Å². The Morgan fingerprint density at radius 2 is 1.91 bits per heavy atom. The Morgan fingerprint density at radius 3 is 2.56 bits per heavy atom. The summed E-state index contributed by atoms with van der Waals surface area (Å²) < 4.78 is 21.9. The summed E-state index contributed by atoms with van der Waals surface area (Å²) in [6.07, 6.45) is 0. The van der Waals surface area contributed by atoms with Crippen LogP contribution in [0.2, 0.25) is 5.02 Å². The second-order valence-electron chi connectivity index (χ2n) is 7.64. The van der Waals surface area contributed by atoms with Crippen LogP contribution in [0.25, 0.3) is 5.69 Å². The van der Waals surface area contributed by atoms with Gasteiger partial charge in [0.05, 0.1) is 28.0 Å². The van der Waals surface area contributed by atoms with Crippen LogP contribution in [0.5, 0.6) is 5.75 Å². The number of aromatic nitrogens is 2. The number of carbonyl (C=O) groups is 1. The van der Waals surface area contributed by atoms with Crippen molar-refractivity contribution in [2.45, 2.75) is 20.5 Å². The minimum absolute atomic E-state index is 0.243. The maximum atomic E-state index is 14.7. The van der Waals surface area contributed by atoms with E-state index in [0.717, 1.165) is 5.56 Å². The smallest absolute Gasteiger partial charge is 0.255 e. The molecule has 0 atom stereocenters. The van der Waals surface area contributed by atoms with Crippen LogP contribution in [0.15, 0.2) is 66.7 Å². The Kier molecular flexibility index (Phi) is 6.62. The van der Waals surface area contributed by atoms with Gasteiger partial charge in [0, 0.05) is 11.3 Å². The molecule has 0 fully saturated rings. The van der Waals surface area contributed by atoms with Crippen LogP contribution in [0, 0.1) is 31.0 Å². The molecule has 0 aliphatic carbocycles. The highest BCUT2D eigenvalue weighted by molar-refractivity contribution is 6.31. The predicted octanol–water partition coefficient (Wildman–Crippen LogP) is 5.98. The van der Waals surface area contributed by atoms with Gasteiger partial charge >= 0.3 is 0 Å². The molecule has 34 heavy (non-hydrogen) atoms. The first-order chi connectivity index (χ1) is 16.4. The van der Waals surface area contributed by atoms with Gasteiger partial charge in [-0.1, -0.05) is 23.7 Å². The third-order valence-electron chi connectivity index (χ3n) is 5.21. The number of anilines is 1. The van der Waals surface area contributed by atoms with Gasteiger partial charge in [-0.05, 0) is 74.0 Å². The maximum absolute atomic E-state index is 14.7. The summed E-state index contributed by atoms with van der Waals surface area (Å²) in [5.41, 5.74) is 3.64. The van der Waals surface area contributed by atoms with Crippen molar-refractivity contribution in [2.75, 3.05) is 5.32 Å². The van der Waals surface area contributed by atoms with Crippen LogP contribution in [-0.2, 0) is 6.61 Å². The fourth-order valence-electron chi connectivity index (χ4n) is 3.42. The number of nitrogens with zero attached hydrogens (tertiary/aromatic N) is 3. The fraction of sp³-hybridized carbons (Fsp3) is 0.115. The molecule has 0 saturated carbocycles. The predicted molar refractivity (Wildman–Crippen MR) is 128 cm³/mol. The zero-order chi connectivity index (χ0) is 24.2. The van der Waals surface area contributed by atoms with Crippen LogP contribution in [-0.4, -0.2) is 15.7 Å². The molecule has 1 aromatic heterocycles. The minimum Gasteiger partial charge on any atom is -0.489 e. The van der Waals surface area contributed by atoms with E-state index in [9.17, 15) is 9.18 Å². The van der Waals surface area contributed by atoms with E-state index in [0.29, 0.717) is 45.6 Å². The standard InChI is InChI=1S/C26H20ClFN4O2/c1-16-25(27)17(2)32(31-16)24-11-8-21(13-23(24)28)30-26(33)20-6-9-22(10-7-20)34-15-19-5-3-4-18(12-19)14-29/h3-13H,15H2,1-2H3,(H,30,33). The lowest BCUT2D eigenvalue weighted by Gasteiger charge is -2.10. The number of aryl methyl sites for hydroxylation is 1. The van der Waals surface area contributed by atoms with Crippen molar-refractivity contribution in [1.29, 1.82) is 5.26 Å². The van der Waals surface area contributed by atoms with E-state index < -0.39 is 5.82 Å². The van der Waals surface area contributed by atoms with Crippen LogP contribution in [0.3, 0.4) is 0 Å². The molecule has 1 amide bonds. The Bertz CT molecular complexity index is 1410. The van der Waals surface area contributed by atoms with Crippen molar-refractivity contribution >= 4 is 23.2 Å². The van der Waals surface area contributed by atoms with E-state index in [1.165, 1.54) is 10.7 Å². The largest absolute Gasteiger partial charge is 0.489 e. The van der Waals surface area contributed by atoms with E-state index in [1.807, 2.05) is 6.07 Å². The molecule has 0 aliphatic rings. The molecule has 8 heteroatoms. The number of carbonyl (C=O) groups excluding carboxylic acids is 1. The zero-order valence-electron chi connectivity index (χ0n) is 18.5. The lowest BCUT2D eigenvalue weighted by atomic mass is 10.1. The zero-order valence-corrected chi connectivity index (χ0v) is 19.2. The van der Waals surface area contributed by atoms with Gasteiger partial charge in [-0.2, -0.15) is 10.4 Å². The SMILES string of the molecule is Cc1nn(-c2ccc(NC(=O)c3ccc(OCc4cccc(C#N)c4)cc3)cc2F)c(C)c1Cl. The quantitative estimate of drug-likeness (QED) is 0.372. The van der Waals surface area contributed by atoms with Crippen molar-refractivity contribution in [3.8, 4) is 17.5 Å². The first-order valence-electron chi connectivity index (χ1n) is 10.4. The molecule has 0 aliphatic heterocycles. The van der Waals surface area contributed by atoms with Gasteiger partial charge < -0.3 is 10.1 Å². The van der Waals surface area contributed by atoms with Gasteiger partial charge in [0.2, 0.25) is 0 Å². The van der Waals surface area contributed by atoms with Gasteiger partial charge in [0.1, 0.15) is 18.0 Å². The van der Waals surface area contributed by atoms with E-state index in [1.54, 1.807) is 68.4 Å². The third-order valence-corrected chi connectivity index (χ3v) is 5.76. The Hall–Kier alpha value is -4.15. The maximum Gasteiger partial charge on any atom is 0.255 e. The normalized spacial score (nSPS) is 10.6. The molecule has 0 bridgehead atoms. The number of ether oxygens (including phenoxy) is 1. The number of hydrogen-bond acceptors (Lipinski definition) is 4. The van der Waals surface area contributed by atoms with Crippen LogP contribution >= 0.6 is 11.6 Å². The summed E-state index contributed by atoms with van der Waals surface area (Å²) in [4.78, 5) is 12.6. The number of nitrogens with one attached hydrogen (secondary N) is 1. The van der Waals surface area contributed by atoms with Crippen molar-refractivity contribution in [3.05, 3.63) is 106 Å². The minimum atomic E-state index is -0.538. The summed E-state index contributed by atoms with van der Waals surface area (Å²) in [7, 11) is 0. The summed E-state index contributed by atoms with van der Waals surface area (Å²) in [5.74, 6) is -0.336. The van der Waals surface area contributed by atoms with Crippen LogP contribution in [0.4, 0.5) is 10.1 Å². The molecule has 4 rings (SSSR count). The molecule has 0 radical (unpaired) electrons. The average molecular weight is 475 g/mol. The van der Waals surface area contributed by atoms with Gasteiger partial charge in [-0.25, -0.2) is 9.07 Å². The summed E-state index contributed by atoms with van der Waals surface area (Å²) in [6.45, 7) is 3.81. The first-order valence-corrected chi connectivity index (χ1v) is 10.8. The number of halogens is 2. The van der Waals surface area contributed by atoms with Crippen LogP contribution in [0.1, 0.15) is 32.9 Å². The highest BCUT2D eigenvalue weighted by Crippen LogP contribution is 2.25. The Balaban J connectivity index is 1.41. The summed E-state index contributed by atoms with van der Waals surface area (Å²) >= 11 is 6.16. The number of hydrogen-bond donors (Lipinski definition) is 1. The van der Waals surface area contributed by atoms with Gasteiger partial charge in [0.15, 0.2) is 5.82 Å². The molecule has 0 saturated heterocycles. The molecule has 1 heterocycles. The first kappa shape index (κ1) is 23.0. The molecule has 0 unspecified atom stereocenters. The highest BCUT2D eigenvalue weighted by Gasteiger charge is 2.15. The summed E-state index contributed by atoms with van der Waals surface area (Å²) in [6, 6.07) is 20.2. The topological polar surface area (TPSA) is 79.9 Å². The number of rotatable bonds is 6. The highest BCUT2D eigenvalue weighted by atomic mass is 35.5. The van der Waals surface area contributed by atoms with Crippen molar-refractivity contribution in [3.63, 3.8) is 0 Å². The molecule has 3 aromatic carbocycles. The molecule has 1 N–H and O–H groups in total. The lowest BCUT2D eigenvalue weighted by Crippen LogP contribution is -2.12. The molecule has 4 aromatic rings. The average Bonchev–Trinajstić information content (AvgIpc) is 3.10. The van der Waals surface area contributed by atoms with Gasteiger partial charge in [-0.15, -0.1) is 0 Å². The van der Waals surface area contributed by atoms with E-state index >= 15 is 0 Å². The fourth-order valence-corrected chi connectivity index (χ4v) is 3.54. The lowest BCUT2D eigenvalue weighted by molar-refractivity contribution is 0.102. The van der Waals surface area contributed by atoms with E-state index in [-0.39, 0.29) is 11.6 Å². The second-order valence-corrected chi connectivity index (χ2v) is 8.02. The molecule has 0 spiro atoms. The Labute approximate surface area is 201 Å². The second kappa shape index (κ2) is 9.77. The number of nitriles is 1. The van der Waals surface area contributed by atoms with Crippen molar-refractivity contribution in [1.82, 2.24) is 9.78 Å². The summed E-state index contributed by atoms with van der Waals surface area (Å²) in [5, 5.41) is 16.4. The Morgan fingerprint density at radius 1 is 1.15 bits per heavy atom. The van der Waals surface area contributed by atoms with Crippen LogP contribution < -0.4 is 10.1 Å². The van der Waals surface area contributed by atoms with Crippen molar-refractivity contribution in [2.24, 2.45) is 0 Å². The third kappa shape index (κ3) is 4.92. The molecule has 170 valence electrons. The molecular weight excluding hydrogens is 455 g/mol.